The first-order chi connectivity index (χ1) is 13.3. The first-order valence-corrected chi connectivity index (χ1v) is 13.3. The van der Waals surface area contributed by atoms with Gasteiger partial charge in [-0.05, 0) is 78.6 Å². The molecule has 0 aromatic rings. The lowest BCUT2D eigenvalue weighted by Gasteiger charge is -2.37. The Labute approximate surface area is 183 Å². The third-order valence-electron chi connectivity index (χ3n) is 5.89. The Morgan fingerprint density at radius 3 is 2.11 bits per heavy atom. The number of likely N-dealkylation sites (N-methyl/N-ethyl adjacent to an activating group) is 1. The van der Waals surface area contributed by atoms with E-state index >= 15 is 0 Å². The second-order valence-electron chi connectivity index (χ2n) is 9.36. The van der Waals surface area contributed by atoms with Gasteiger partial charge in [0.25, 0.3) is 0 Å². The highest BCUT2D eigenvalue weighted by Crippen LogP contribution is 2.38. The number of hydrogen-bond acceptors (Lipinski definition) is 3. The summed E-state index contributed by atoms with van der Waals surface area (Å²) < 4.78 is 0. The lowest BCUT2D eigenvalue weighted by atomic mass is 9.93. The summed E-state index contributed by atoms with van der Waals surface area (Å²) in [5.74, 6) is 6.77. The van der Waals surface area contributed by atoms with Crippen LogP contribution in [0.3, 0.4) is 0 Å². The number of hydrogen-bond donors (Lipinski definition) is 0. The molecule has 0 aromatic carbocycles. The van der Waals surface area contributed by atoms with Gasteiger partial charge in [-0.25, -0.2) is 0 Å². The first-order valence-electron chi connectivity index (χ1n) is 11.2. The molecule has 0 unspecified atom stereocenters. The van der Waals surface area contributed by atoms with Crippen molar-refractivity contribution in [3.63, 3.8) is 0 Å². The number of nitrogens with zero attached hydrogens (tertiary/aromatic N) is 1. The fraction of sp³-hybridized carbons (Fsp3) is 0.760. The van der Waals surface area contributed by atoms with Gasteiger partial charge in [0, 0.05) is 34.7 Å². The molecule has 0 N–H and O–H groups in total. The normalized spacial score (nSPS) is 25.2. The highest BCUT2D eigenvalue weighted by molar-refractivity contribution is 8.02. The summed E-state index contributed by atoms with van der Waals surface area (Å²) in [4.78, 5) is 3.67. The van der Waals surface area contributed by atoms with Crippen LogP contribution in [0.25, 0.3) is 0 Å². The zero-order valence-electron chi connectivity index (χ0n) is 19.0. The quantitative estimate of drug-likeness (QED) is 0.324. The van der Waals surface area contributed by atoms with Crippen LogP contribution in [0.4, 0.5) is 0 Å². The molecule has 0 atom stereocenters. The van der Waals surface area contributed by atoms with Crippen molar-refractivity contribution in [1.82, 2.24) is 4.90 Å². The number of thioether (sulfide) groups is 2. The molecule has 0 aromatic heterocycles. The maximum absolute atomic E-state index is 3.39. The van der Waals surface area contributed by atoms with Gasteiger partial charge >= 0.3 is 0 Å². The van der Waals surface area contributed by atoms with Crippen LogP contribution in [0.2, 0.25) is 0 Å². The summed E-state index contributed by atoms with van der Waals surface area (Å²) in [5.41, 5.74) is 1.36. The van der Waals surface area contributed by atoms with Crippen molar-refractivity contribution >= 4 is 23.5 Å². The Hall–Kier alpha value is -0.460. The van der Waals surface area contributed by atoms with E-state index in [0.29, 0.717) is 6.04 Å². The zero-order chi connectivity index (χ0) is 20.6. The Morgan fingerprint density at radius 2 is 1.57 bits per heavy atom. The van der Waals surface area contributed by atoms with E-state index in [-0.39, 0.29) is 5.41 Å². The average Bonchev–Trinajstić information content (AvgIpc) is 2.68. The van der Waals surface area contributed by atoms with Crippen molar-refractivity contribution in [1.29, 1.82) is 0 Å². The fourth-order valence-corrected chi connectivity index (χ4v) is 6.26. The van der Waals surface area contributed by atoms with Gasteiger partial charge in [-0.3, -0.25) is 0 Å². The largest absolute Gasteiger partial charge is 0.372 e. The van der Waals surface area contributed by atoms with Crippen molar-refractivity contribution in [3.05, 3.63) is 22.8 Å². The van der Waals surface area contributed by atoms with Crippen LogP contribution in [-0.4, -0.2) is 34.7 Å². The molecule has 158 valence electrons. The van der Waals surface area contributed by atoms with Gasteiger partial charge in [-0.15, -0.1) is 11.8 Å². The second kappa shape index (κ2) is 11.7. The van der Waals surface area contributed by atoms with Gasteiger partial charge in [0.15, 0.2) is 0 Å². The molecule has 28 heavy (non-hydrogen) atoms. The molecule has 0 spiro atoms. The zero-order valence-corrected chi connectivity index (χ0v) is 20.6. The third kappa shape index (κ3) is 8.11. The molecule has 3 heteroatoms. The van der Waals surface area contributed by atoms with Crippen LogP contribution in [-0.2, 0) is 0 Å². The van der Waals surface area contributed by atoms with E-state index in [1.54, 1.807) is 11.8 Å². The molecule has 0 aliphatic heterocycles. The smallest absolute Gasteiger partial charge is 0.0591 e. The maximum Gasteiger partial charge on any atom is 0.0591 e. The summed E-state index contributed by atoms with van der Waals surface area (Å²) in [7, 11) is 2.28. The van der Waals surface area contributed by atoms with Crippen molar-refractivity contribution in [2.45, 2.75) is 102 Å². The van der Waals surface area contributed by atoms with Crippen LogP contribution in [0, 0.1) is 17.3 Å². The molecule has 0 saturated heterocycles. The highest BCUT2D eigenvalue weighted by Gasteiger charge is 2.27. The van der Waals surface area contributed by atoms with Gasteiger partial charge in [0.05, 0.1) is 4.91 Å². The summed E-state index contributed by atoms with van der Waals surface area (Å²) in [6, 6.07) is 0.671. The van der Waals surface area contributed by atoms with Crippen LogP contribution in [0.15, 0.2) is 22.8 Å². The summed E-state index contributed by atoms with van der Waals surface area (Å²) in [6.07, 6.45) is 19.4. The summed E-state index contributed by atoms with van der Waals surface area (Å²) >= 11 is 4.08. The average molecular weight is 420 g/mol. The first kappa shape index (κ1) is 23.8. The van der Waals surface area contributed by atoms with Crippen LogP contribution >= 0.6 is 23.5 Å². The van der Waals surface area contributed by atoms with Gasteiger partial charge < -0.3 is 4.90 Å². The molecule has 0 amide bonds. The van der Waals surface area contributed by atoms with Gasteiger partial charge in [-0.1, -0.05) is 37.2 Å². The van der Waals surface area contributed by atoms with E-state index in [2.05, 4.69) is 81.7 Å². The van der Waals surface area contributed by atoms with E-state index in [0.717, 1.165) is 15.4 Å². The molecule has 2 aliphatic rings. The second-order valence-corrected chi connectivity index (χ2v) is 11.8. The topological polar surface area (TPSA) is 3.24 Å². The van der Waals surface area contributed by atoms with E-state index < -0.39 is 0 Å². The molecule has 2 fully saturated rings. The van der Waals surface area contributed by atoms with Gasteiger partial charge in [-0.2, -0.15) is 11.8 Å². The number of allylic oxidation sites excluding steroid dienone is 3. The highest BCUT2D eigenvalue weighted by atomic mass is 32.2. The molecule has 2 rings (SSSR count). The van der Waals surface area contributed by atoms with E-state index in [1.807, 2.05) is 0 Å². The lowest BCUT2D eigenvalue weighted by Crippen LogP contribution is -2.35. The van der Waals surface area contributed by atoms with Crippen LogP contribution < -0.4 is 0 Å². The Balaban J connectivity index is 1.91. The van der Waals surface area contributed by atoms with Gasteiger partial charge in [0.1, 0.15) is 0 Å². The molecular formula is C25H41NS2. The van der Waals surface area contributed by atoms with Gasteiger partial charge in [0.2, 0.25) is 0 Å². The predicted octanol–water partition coefficient (Wildman–Crippen LogP) is 7.50. The fourth-order valence-electron chi connectivity index (χ4n) is 4.17. The molecule has 2 aliphatic carbocycles. The molecule has 0 radical (unpaired) electrons. The molecular weight excluding hydrogens is 378 g/mol. The van der Waals surface area contributed by atoms with Crippen molar-refractivity contribution < 1.29 is 0 Å². The summed E-state index contributed by atoms with van der Waals surface area (Å²) in [5, 5.41) is 1.85. The minimum absolute atomic E-state index is 0.0468. The van der Waals surface area contributed by atoms with Crippen molar-refractivity contribution in [2.75, 3.05) is 13.3 Å². The maximum atomic E-state index is 3.39. The monoisotopic (exact) mass is 419 g/mol. The van der Waals surface area contributed by atoms with Crippen molar-refractivity contribution in [3.8, 4) is 11.8 Å². The Morgan fingerprint density at radius 1 is 0.964 bits per heavy atom. The van der Waals surface area contributed by atoms with Crippen molar-refractivity contribution in [2.24, 2.45) is 5.41 Å². The molecule has 2 saturated carbocycles. The Kier molecular flexibility index (Phi) is 9.91. The van der Waals surface area contributed by atoms with E-state index in [4.69, 9.17) is 0 Å². The third-order valence-corrected chi connectivity index (χ3v) is 8.26. The Bertz CT molecular complexity index is 588. The number of rotatable bonds is 6. The lowest BCUT2D eigenvalue weighted by molar-refractivity contribution is 0.244. The SMILES string of the molecule is C/C=C(/C=C(/C#CC(C)(C)C)SC)N(C)C1CCC(SC2CCCCC2)CC1. The van der Waals surface area contributed by atoms with E-state index in [9.17, 15) is 0 Å². The predicted molar refractivity (Wildman–Crippen MR) is 131 cm³/mol. The standard InChI is InChI=1S/C25H41NS2/c1-7-20(19-24(27-6)17-18-25(2,3)4)26(5)21-13-15-23(16-14-21)28-22-11-9-8-10-12-22/h7,19,21-23H,8-16H2,1-6H3/b20-7-,24-19-. The molecule has 1 nitrogen and oxygen atoms in total. The van der Waals surface area contributed by atoms with E-state index in [1.165, 1.54) is 63.5 Å². The molecule has 0 bridgehead atoms. The minimum Gasteiger partial charge on any atom is -0.372 e. The van der Waals surface area contributed by atoms with Crippen LogP contribution in [0.5, 0.6) is 0 Å². The van der Waals surface area contributed by atoms with Crippen LogP contribution in [0.1, 0.15) is 85.5 Å². The molecule has 0 heterocycles. The minimum atomic E-state index is 0.0468. The summed E-state index contributed by atoms with van der Waals surface area (Å²) in [6.45, 7) is 8.67.